The van der Waals surface area contributed by atoms with Crippen LogP contribution < -0.4 is 10.3 Å². The summed E-state index contributed by atoms with van der Waals surface area (Å²) in [7, 11) is 0. The summed E-state index contributed by atoms with van der Waals surface area (Å²) in [6, 6.07) is 8.97. The molecule has 0 N–H and O–H groups in total. The average molecular weight is 422 g/mol. The van der Waals surface area contributed by atoms with Crippen LogP contribution in [0.5, 0.6) is 5.75 Å². The summed E-state index contributed by atoms with van der Waals surface area (Å²) >= 11 is 1.45. The summed E-state index contributed by atoms with van der Waals surface area (Å²) in [5.41, 5.74) is 5.32. The molecule has 5 nitrogen and oxygen atoms in total. The van der Waals surface area contributed by atoms with E-state index in [1.54, 1.807) is 0 Å². The molecule has 0 unspecified atom stereocenters. The third-order valence-electron chi connectivity index (χ3n) is 5.47. The molecular formula is C23H19FN2O3S. The maximum Gasteiger partial charge on any atom is 0.263 e. The van der Waals surface area contributed by atoms with Crippen LogP contribution in [0.2, 0.25) is 0 Å². The van der Waals surface area contributed by atoms with Crippen molar-refractivity contribution in [2.45, 2.75) is 27.0 Å². The van der Waals surface area contributed by atoms with Gasteiger partial charge in [0.15, 0.2) is 6.79 Å². The van der Waals surface area contributed by atoms with Crippen LogP contribution in [0, 0.1) is 19.7 Å². The number of benzene rings is 2. The summed E-state index contributed by atoms with van der Waals surface area (Å²) in [5.74, 6) is 0.195. The fraction of sp³-hybridized carbons (Fsp3) is 0.217. The average Bonchev–Trinajstić information content (AvgIpc) is 3.17. The zero-order chi connectivity index (χ0) is 20.8. The fourth-order valence-corrected chi connectivity index (χ4v) is 4.67. The highest BCUT2D eigenvalue weighted by molar-refractivity contribution is 7.17. The van der Waals surface area contributed by atoms with Gasteiger partial charge in [0.05, 0.1) is 24.9 Å². The van der Waals surface area contributed by atoms with Gasteiger partial charge >= 0.3 is 0 Å². The number of fused-ring (bicyclic) bond motifs is 2. The second-order valence-corrected chi connectivity index (χ2v) is 8.33. The number of halogens is 1. The van der Waals surface area contributed by atoms with Gasteiger partial charge in [-0.3, -0.25) is 9.36 Å². The lowest BCUT2D eigenvalue weighted by Crippen LogP contribution is -2.22. The van der Waals surface area contributed by atoms with Crippen molar-refractivity contribution in [3.05, 3.63) is 80.5 Å². The molecule has 4 aromatic rings. The van der Waals surface area contributed by atoms with Gasteiger partial charge in [-0.1, -0.05) is 18.2 Å². The molecule has 7 heteroatoms. The Kier molecular flexibility index (Phi) is 4.64. The van der Waals surface area contributed by atoms with E-state index in [1.807, 2.05) is 11.4 Å². The molecule has 0 radical (unpaired) electrons. The number of thiophene rings is 1. The third-order valence-corrected chi connectivity index (χ3v) is 6.36. The molecule has 0 bridgehead atoms. The number of aromatic nitrogens is 2. The summed E-state index contributed by atoms with van der Waals surface area (Å²) in [6.07, 6.45) is 1.52. The number of hydrogen-bond donors (Lipinski definition) is 0. The van der Waals surface area contributed by atoms with Crippen molar-refractivity contribution in [1.29, 1.82) is 0 Å². The number of ether oxygens (including phenoxy) is 2. The first-order valence-corrected chi connectivity index (χ1v) is 10.5. The molecule has 2 aromatic heterocycles. The molecule has 0 fully saturated rings. The number of aryl methyl sites for hydroxylation is 2. The Labute approximate surface area is 176 Å². The third kappa shape index (κ3) is 3.20. The van der Waals surface area contributed by atoms with Gasteiger partial charge in [0.2, 0.25) is 0 Å². The lowest BCUT2D eigenvalue weighted by atomic mass is 10.0. The second-order valence-electron chi connectivity index (χ2n) is 7.47. The largest absolute Gasteiger partial charge is 0.467 e. The highest BCUT2D eigenvalue weighted by Gasteiger charge is 2.19. The van der Waals surface area contributed by atoms with Crippen molar-refractivity contribution < 1.29 is 13.9 Å². The lowest BCUT2D eigenvalue weighted by molar-refractivity contribution is -0.0173. The molecule has 0 amide bonds. The van der Waals surface area contributed by atoms with Crippen molar-refractivity contribution in [2.75, 3.05) is 6.79 Å². The van der Waals surface area contributed by atoms with Crippen LogP contribution in [-0.2, 0) is 17.9 Å². The van der Waals surface area contributed by atoms with Crippen LogP contribution in [0.1, 0.15) is 22.3 Å². The van der Waals surface area contributed by atoms with E-state index in [-0.39, 0.29) is 31.3 Å². The Morgan fingerprint density at radius 1 is 1.20 bits per heavy atom. The standard InChI is InChI=1S/C23H19FN2O3S/c1-13-3-4-15(5-14(13)2)19-10-30-22-20(19)23(27)26(11-25-22)8-16-6-18(24)7-17-9-28-12-29-21(16)17/h3-7,10-11H,8-9,12H2,1-2H3. The minimum atomic E-state index is -0.383. The Bertz CT molecular complexity index is 1340. The van der Waals surface area contributed by atoms with Gasteiger partial charge in [0.1, 0.15) is 16.4 Å². The maximum atomic E-state index is 14.1. The predicted octanol–water partition coefficient (Wildman–Crippen LogP) is 4.80. The van der Waals surface area contributed by atoms with Crippen LogP contribution in [0.4, 0.5) is 4.39 Å². The van der Waals surface area contributed by atoms with E-state index >= 15 is 0 Å². The van der Waals surface area contributed by atoms with Crippen LogP contribution in [0.25, 0.3) is 21.3 Å². The van der Waals surface area contributed by atoms with Crippen molar-refractivity contribution in [3.8, 4) is 16.9 Å². The van der Waals surface area contributed by atoms with E-state index in [1.165, 1.54) is 45.5 Å². The van der Waals surface area contributed by atoms with E-state index in [2.05, 4.69) is 31.0 Å². The van der Waals surface area contributed by atoms with Gasteiger partial charge in [0.25, 0.3) is 5.56 Å². The van der Waals surface area contributed by atoms with Gasteiger partial charge in [-0.2, -0.15) is 0 Å². The van der Waals surface area contributed by atoms with E-state index in [4.69, 9.17) is 9.47 Å². The Morgan fingerprint density at radius 2 is 2.07 bits per heavy atom. The van der Waals surface area contributed by atoms with Crippen molar-refractivity contribution in [1.82, 2.24) is 9.55 Å². The summed E-state index contributed by atoms with van der Waals surface area (Å²) < 4.78 is 26.4. The number of nitrogens with zero attached hydrogens (tertiary/aromatic N) is 2. The van der Waals surface area contributed by atoms with E-state index in [0.29, 0.717) is 27.1 Å². The molecule has 30 heavy (non-hydrogen) atoms. The van der Waals surface area contributed by atoms with E-state index in [0.717, 1.165) is 11.1 Å². The molecule has 1 aliphatic heterocycles. The monoisotopic (exact) mass is 422 g/mol. The van der Waals surface area contributed by atoms with E-state index in [9.17, 15) is 9.18 Å². The van der Waals surface area contributed by atoms with Crippen LogP contribution >= 0.6 is 11.3 Å². The highest BCUT2D eigenvalue weighted by atomic mass is 32.1. The summed E-state index contributed by atoms with van der Waals surface area (Å²) in [5, 5.41) is 2.55. The predicted molar refractivity (Wildman–Crippen MR) is 115 cm³/mol. The summed E-state index contributed by atoms with van der Waals surface area (Å²) in [4.78, 5) is 18.5. The van der Waals surface area contributed by atoms with Crippen molar-refractivity contribution in [2.24, 2.45) is 0 Å². The molecule has 0 spiro atoms. The first kappa shape index (κ1) is 19.0. The van der Waals surface area contributed by atoms with Crippen molar-refractivity contribution >= 4 is 21.6 Å². The minimum Gasteiger partial charge on any atom is -0.467 e. The SMILES string of the molecule is Cc1ccc(-c2csc3ncn(Cc4cc(F)cc5c4OCOC5)c(=O)c23)cc1C. The second kappa shape index (κ2) is 7.34. The lowest BCUT2D eigenvalue weighted by Gasteiger charge is -2.21. The Balaban J connectivity index is 1.62. The quantitative estimate of drug-likeness (QED) is 0.476. The molecule has 152 valence electrons. The van der Waals surface area contributed by atoms with Gasteiger partial charge in [-0.05, 0) is 42.7 Å². The maximum absolute atomic E-state index is 14.1. The number of rotatable bonds is 3. The van der Waals surface area contributed by atoms with Crippen molar-refractivity contribution in [3.63, 3.8) is 0 Å². The Hall–Kier alpha value is -3.03. The Morgan fingerprint density at radius 3 is 2.90 bits per heavy atom. The molecule has 5 rings (SSSR count). The topological polar surface area (TPSA) is 53.4 Å². The molecule has 0 saturated heterocycles. The van der Waals surface area contributed by atoms with Gasteiger partial charge in [-0.15, -0.1) is 11.3 Å². The van der Waals surface area contributed by atoms with Crippen LogP contribution in [0.15, 0.2) is 46.8 Å². The van der Waals surface area contributed by atoms with Gasteiger partial charge in [0, 0.05) is 22.1 Å². The van der Waals surface area contributed by atoms with Crippen LogP contribution in [0.3, 0.4) is 0 Å². The minimum absolute atomic E-state index is 0.110. The molecular weight excluding hydrogens is 403 g/mol. The van der Waals surface area contributed by atoms with Gasteiger partial charge in [-0.25, -0.2) is 9.37 Å². The molecule has 0 saturated carbocycles. The van der Waals surface area contributed by atoms with E-state index < -0.39 is 0 Å². The molecule has 0 aliphatic carbocycles. The zero-order valence-corrected chi connectivity index (χ0v) is 17.4. The molecule has 3 heterocycles. The molecule has 2 aromatic carbocycles. The first-order valence-electron chi connectivity index (χ1n) is 9.57. The molecule has 1 aliphatic rings. The normalized spacial score (nSPS) is 13.3. The smallest absolute Gasteiger partial charge is 0.263 e. The zero-order valence-electron chi connectivity index (χ0n) is 16.6. The summed E-state index contributed by atoms with van der Waals surface area (Å²) in [6.45, 7) is 4.68. The number of hydrogen-bond acceptors (Lipinski definition) is 5. The van der Waals surface area contributed by atoms with Gasteiger partial charge < -0.3 is 9.47 Å². The molecule has 0 atom stereocenters. The van der Waals surface area contributed by atoms with Crippen LogP contribution in [-0.4, -0.2) is 16.3 Å². The fourth-order valence-electron chi connectivity index (χ4n) is 3.76. The highest BCUT2D eigenvalue weighted by Crippen LogP contribution is 2.33. The first-order chi connectivity index (χ1) is 14.5.